The van der Waals surface area contributed by atoms with Crippen molar-refractivity contribution in [2.75, 3.05) is 7.05 Å². The Hall–Kier alpha value is -1.31. The van der Waals surface area contributed by atoms with Crippen molar-refractivity contribution in [2.45, 2.75) is 13.0 Å². The van der Waals surface area contributed by atoms with E-state index in [1.165, 1.54) is 0 Å². The molecule has 0 spiro atoms. The second-order valence-electron chi connectivity index (χ2n) is 2.86. The van der Waals surface area contributed by atoms with E-state index >= 15 is 0 Å². The van der Waals surface area contributed by atoms with Crippen LogP contribution < -0.4 is 0 Å². The average Bonchev–Trinajstić information content (AvgIpc) is 2.17. The SMILES string of the molecule is C[C@H](c1ccccc1)N(C)C=O. The second-order valence-corrected chi connectivity index (χ2v) is 2.86. The maximum atomic E-state index is 10.4. The molecule has 64 valence electrons. The van der Waals surface area contributed by atoms with Crippen LogP contribution in [-0.4, -0.2) is 18.4 Å². The lowest BCUT2D eigenvalue weighted by Crippen LogP contribution is -2.20. The summed E-state index contributed by atoms with van der Waals surface area (Å²) in [7, 11) is 1.78. The normalized spacial score (nSPS) is 12.2. The molecule has 0 aliphatic heterocycles. The summed E-state index contributed by atoms with van der Waals surface area (Å²) in [6, 6.07) is 10.1. The van der Waals surface area contributed by atoms with Gasteiger partial charge in [-0.3, -0.25) is 4.79 Å². The Morgan fingerprint density at radius 1 is 1.33 bits per heavy atom. The standard InChI is InChI=1S/C10H13NO/c1-9(11(2)8-12)10-6-4-3-5-7-10/h3-9H,1-2H3/t9-/m1/s1. The Bertz CT molecular complexity index is 245. The number of amides is 1. The second kappa shape index (κ2) is 3.90. The first-order chi connectivity index (χ1) is 5.75. The van der Waals surface area contributed by atoms with Crippen molar-refractivity contribution in [2.24, 2.45) is 0 Å². The van der Waals surface area contributed by atoms with Crippen LogP contribution in [0.25, 0.3) is 0 Å². The highest BCUT2D eigenvalue weighted by Gasteiger charge is 2.07. The van der Waals surface area contributed by atoms with Gasteiger partial charge in [-0.2, -0.15) is 0 Å². The van der Waals surface area contributed by atoms with Gasteiger partial charge in [-0.15, -0.1) is 0 Å². The van der Waals surface area contributed by atoms with Gasteiger partial charge in [0.05, 0.1) is 6.04 Å². The summed E-state index contributed by atoms with van der Waals surface area (Å²) in [5.74, 6) is 0. The van der Waals surface area contributed by atoms with E-state index in [2.05, 4.69) is 0 Å². The fraction of sp³-hybridized carbons (Fsp3) is 0.300. The number of benzene rings is 1. The highest BCUT2D eigenvalue weighted by Crippen LogP contribution is 2.15. The van der Waals surface area contributed by atoms with Gasteiger partial charge in [0.15, 0.2) is 0 Å². The Kier molecular flexibility index (Phi) is 2.86. The number of nitrogens with zero attached hydrogens (tertiary/aromatic N) is 1. The monoisotopic (exact) mass is 163 g/mol. The van der Waals surface area contributed by atoms with Gasteiger partial charge in [-0.1, -0.05) is 30.3 Å². The number of rotatable bonds is 3. The summed E-state index contributed by atoms with van der Waals surface area (Å²) in [6.07, 6.45) is 0.845. The molecule has 0 N–H and O–H groups in total. The summed E-state index contributed by atoms with van der Waals surface area (Å²) < 4.78 is 0. The molecule has 0 heterocycles. The van der Waals surface area contributed by atoms with Crippen LogP contribution in [0.15, 0.2) is 30.3 Å². The predicted molar refractivity (Wildman–Crippen MR) is 48.7 cm³/mol. The van der Waals surface area contributed by atoms with E-state index in [1.54, 1.807) is 11.9 Å². The zero-order chi connectivity index (χ0) is 8.97. The molecule has 2 nitrogen and oxygen atoms in total. The molecule has 0 aliphatic rings. The molecule has 12 heavy (non-hydrogen) atoms. The Morgan fingerprint density at radius 3 is 2.42 bits per heavy atom. The average molecular weight is 163 g/mol. The van der Waals surface area contributed by atoms with Crippen molar-refractivity contribution in [1.82, 2.24) is 4.90 Å². The first-order valence-corrected chi connectivity index (χ1v) is 3.98. The topological polar surface area (TPSA) is 20.3 Å². The van der Waals surface area contributed by atoms with Crippen LogP contribution in [-0.2, 0) is 4.79 Å². The molecule has 2 heteroatoms. The van der Waals surface area contributed by atoms with Crippen LogP contribution in [0.1, 0.15) is 18.5 Å². The maximum Gasteiger partial charge on any atom is 0.209 e. The largest absolute Gasteiger partial charge is 0.342 e. The van der Waals surface area contributed by atoms with Crippen molar-refractivity contribution in [1.29, 1.82) is 0 Å². The number of carbonyl (C=O) groups excluding carboxylic acids is 1. The fourth-order valence-corrected chi connectivity index (χ4v) is 1.06. The summed E-state index contributed by atoms with van der Waals surface area (Å²) in [5.41, 5.74) is 1.16. The Labute approximate surface area is 72.8 Å². The molecular weight excluding hydrogens is 150 g/mol. The third kappa shape index (κ3) is 1.84. The first kappa shape index (κ1) is 8.78. The Morgan fingerprint density at radius 2 is 1.92 bits per heavy atom. The van der Waals surface area contributed by atoms with Gasteiger partial charge in [0.1, 0.15) is 0 Å². The molecule has 1 aromatic carbocycles. The Balaban J connectivity index is 2.78. The molecule has 1 rings (SSSR count). The smallest absolute Gasteiger partial charge is 0.209 e. The molecule has 0 aromatic heterocycles. The van der Waals surface area contributed by atoms with E-state index in [9.17, 15) is 4.79 Å². The molecule has 0 unspecified atom stereocenters. The molecule has 0 radical (unpaired) electrons. The van der Waals surface area contributed by atoms with E-state index in [1.807, 2.05) is 37.3 Å². The lowest BCUT2D eigenvalue weighted by molar-refractivity contribution is -0.118. The number of carbonyl (C=O) groups is 1. The molecule has 0 aliphatic carbocycles. The molecule has 1 atom stereocenters. The molecule has 0 saturated heterocycles. The number of hydrogen-bond donors (Lipinski definition) is 0. The van der Waals surface area contributed by atoms with Gasteiger partial charge < -0.3 is 4.90 Å². The summed E-state index contributed by atoms with van der Waals surface area (Å²) in [6.45, 7) is 2.00. The zero-order valence-corrected chi connectivity index (χ0v) is 7.40. The van der Waals surface area contributed by atoms with Crippen LogP contribution in [0.4, 0.5) is 0 Å². The quantitative estimate of drug-likeness (QED) is 0.622. The van der Waals surface area contributed by atoms with Crippen LogP contribution in [0, 0.1) is 0 Å². The highest BCUT2D eigenvalue weighted by molar-refractivity contribution is 5.47. The lowest BCUT2D eigenvalue weighted by atomic mass is 10.1. The maximum absolute atomic E-state index is 10.4. The van der Waals surface area contributed by atoms with Gasteiger partial charge in [0, 0.05) is 7.05 Å². The van der Waals surface area contributed by atoms with Gasteiger partial charge in [-0.05, 0) is 12.5 Å². The van der Waals surface area contributed by atoms with Gasteiger partial charge in [-0.25, -0.2) is 0 Å². The van der Waals surface area contributed by atoms with Crippen molar-refractivity contribution in [3.8, 4) is 0 Å². The van der Waals surface area contributed by atoms with E-state index in [4.69, 9.17) is 0 Å². The third-order valence-electron chi connectivity index (χ3n) is 2.06. The molecule has 1 aromatic rings. The minimum atomic E-state index is 0.156. The minimum absolute atomic E-state index is 0.156. The third-order valence-corrected chi connectivity index (χ3v) is 2.06. The van der Waals surface area contributed by atoms with Gasteiger partial charge >= 0.3 is 0 Å². The molecule has 0 saturated carbocycles. The summed E-state index contributed by atoms with van der Waals surface area (Å²) in [5, 5.41) is 0. The molecule has 0 fully saturated rings. The van der Waals surface area contributed by atoms with Crippen molar-refractivity contribution < 1.29 is 4.79 Å². The molecular formula is C10H13NO. The van der Waals surface area contributed by atoms with Crippen LogP contribution in [0.3, 0.4) is 0 Å². The van der Waals surface area contributed by atoms with Gasteiger partial charge in [0.2, 0.25) is 6.41 Å². The minimum Gasteiger partial charge on any atom is -0.342 e. The van der Waals surface area contributed by atoms with E-state index < -0.39 is 0 Å². The van der Waals surface area contributed by atoms with Gasteiger partial charge in [0.25, 0.3) is 0 Å². The van der Waals surface area contributed by atoms with E-state index in [0.29, 0.717) is 0 Å². The molecule has 0 bridgehead atoms. The van der Waals surface area contributed by atoms with E-state index in [0.717, 1.165) is 12.0 Å². The van der Waals surface area contributed by atoms with E-state index in [-0.39, 0.29) is 6.04 Å². The fourth-order valence-electron chi connectivity index (χ4n) is 1.06. The number of hydrogen-bond acceptors (Lipinski definition) is 1. The zero-order valence-electron chi connectivity index (χ0n) is 7.40. The van der Waals surface area contributed by atoms with Crippen LogP contribution in [0.5, 0.6) is 0 Å². The van der Waals surface area contributed by atoms with Crippen molar-refractivity contribution in [3.63, 3.8) is 0 Å². The van der Waals surface area contributed by atoms with Crippen molar-refractivity contribution >= 4 is 6.41 Å². The first-order valence-electron chi connectivity index (χ1n) is 3.98. The van der Waals surface area contributed by atoms with Crippen molar-refractivity contribution in [3.05, 3.63) is 35.9 Å². The predicted octanol–water partition coefficient (Wildman–Crippen LogP) is 1.84. The lowest BCUT2D eigenvalue weighted by Gasteiger charge is -2.20. The summed E-state index contributed by atoms with van der Waals surface area (Å²) >= 11 is 0. The summed E-state index contributed by atoms with van der Waals surface area (Å²) in [4.78, 5) is 12.1. The van der Waals surface area contributed by atoms with Crippen LogP contribution in [0.2, 0.25) is 0 Å². The highest BCUT2D eigenvalue weighted by atomic mass is 16.1. The van der Waals surface area contributed by atoms with Crippen LogP contribution >= 0.6 is 0 Å². The molecule has 1 amide bonds.